The molecule has 8 heteroatoms. The molecule has 118 valence electrons. The SMILES string of the molecule is NCCNC(=O)CCN(CCO)CCC(=O)NCCN. The zero-order valence-corrected chi connectivity index (χ0v) is 11.9. The number of amides is 2. The number of carbonyl (C=O) groups excluding carboxylic acids is 2. The van der Waals surface area contributed by atoms with Crippen LogP contribution in [0.3, 0.4) is 0 Å². The summed E-state index contributed by atoms with van der Waals surface area (Å²) in [5.41, 5.74) is 10.6. The van der Waals surface area contributed by atoms with Crippen molar-refractivity contribution in [2.24, 2.45) is 11.5 Å². The molecule has 0 aliphatic rings. The molecule has 20 heavy (non-hydrogen) atoms. The Morgan fingerprint density at radius 1 is 0.900 bits per heavy atom. The highest BCUT2D eigenvalue weighted by Gasteiger charge is 2.09. The van der Waals surface area contributed by atoms with Crippen molar-refractivity contribution in [3.63, 3.8) is 0 Å². The number of nitrogens with one attached hydrogen (secondary N) is 2. The number of carbonyl (C=O) groups is 2. The normalized spacial score (nSPS) is 10.6. The van der Waals surface area contributed by atoms with Crippen LogP contribution in [0.1, 0.15) is 12.8 Å². The third-order valence-corrected chi connectivity index (χ3v) is 2.66. The molecule has 0 aromatic heterocycles. The van der Waals surface area contributed by atoms with Crippen LogP contribution in [-0.4, -0.2) is 74.2 Å². The second kappa shape index (κ2) is 12.8. The Bertz CT molecular complexity index is 252. The van der Waals surface area contributed by atoms with Crippen molar-refractivity contribution in [1.29, 1.82) is 0 Å². The largest absolute Gasteiger partial charge is 0.395 e. The molecule has 0 heterocycles. The van der Waals surface area contributed by atoms with Crippen molar-refractivity contribution in [3.05, 3.63) is 0 Å². The Morgan fingerprint density at radius 3 is 1.70 bits per heavy atom. The molecule has 0 aromatic carbocycles. The fraction of sp³-hybridized carbons (Fsp3) is 0.833. The number of hydrogen-bond acceptors (Lipinski definition) is 6. The van der Waals surface area contributed by atoms with Crippen molar-refractivity contribution >= 4 is 11.8 Å². The van der Waals surface area contributed by atoms with Gasteiger partial charge in [0, 0.05) is 58.7 Å². The molecule has 8 nitrogen and oxygen atoms in total. The van der Waals surface area contributed by atoms with E-state index in [4.69, 9.17) is 16.6 Å². The Hall–Kier alpha value is -1.22. The summed E-state index contributed by atoms with van der Waals surface area (Å²) in [6, 6.07) is 0. The maximum atomic E-state index is 11.4. The predicted molar refractivity (Wildman–Crippen MR) is 76.9 cm³/mol. The molecule has 0 fully saturated rings. The molecule has 0 aromatic rings. The smallest absolute Gasteiger partial charge is 0.221 e. The van der Waals surface area contributed by atoms with Gasteiger partial charge in [-0.15, -0.1) is 0 Å². The van der Waals surface area contributed by atoms with Crippen LogP contribution in [0, 0.1) is 0 Å². The van der Waals surface area contributed by atoms with Gasteiger partial charge in [0.15, 0.2) is 0 Å². The van der Waals surface area contributed by atoms with Gasteiger partial charge in [0.05, 0.1) is 6.61 Å². The van der Waals surface area contributed by atoms with Gasteiger partial charge < -0.3 is 32.1 Å². The standard InChI is InChI=1S/C12H27N5O3/c13-3-5-15-11(19)1-7-17(9-10-18)8-2-12(20)16-6-4-14/h18H,1-10,13-14H2,(H,15,19)(H,16,20). The highest BCUT2D eigenvalue weighted by molar-refractivity contribution is 5.76. The van der Waals surface area contributed by atoms with Gasteiger partial charge in [0.25, 0.3) is 0 Å². The van der Waals surface area contributed by atoms with Crippen LogP contribution in [0.25, 0.3) is 0 Å². The lowest BCUT2D eigenvalue weighted by atomic mass is 10.3. The van der Waals surface area contributed by atoms with E-state index in [0.29, 0.717) is 58.7 Å². The molecular formula is C12H27N5O3. The van der Waals surface area contributed by atoms with E-state index in [1.807, 2.05) is 4.90 Å². The van der Waals surface area contributed by atoms with Crippen molar-refractivity contribution in [2.75, 3.05) is 52.4 Å². The maximum Gasteiger partial charge on any atom is 0.221 e. The van der Waals surface area contributed by atoms with E-state index in [1.165, 1.54) is 0 Å². The minimum Gasteiger partial charge on any atom is -0.395 e. The number of nitrogens with two attached hydrogens (primary N) is 2. The van der Waals surface area contributed by atoms with E-state index in [0.717, 1.165) is 0 Å². The molecule has 0 saturated heterocycles. The van der Waals surface area contributed by atoms with Crippen molar-refractivity contribution in [3.8, 4) is 0 Å². The van der Waals surface area contributed by atoms with Crippen LogP contribution in [0.5, 0.6) is 0 Å². The van der Waals surface area contributed by atoms with E-state index in [9.17, 15) is 9.59 Å². The molecule has 0 aliphatic heterocycles. The van der Waals surface area contributed by atoms with Crippen LogP contribution in [-0.2, 0) is 9.59 Å². The third kappa shape index (κ3) is 10.7. The number of aliphatic hydroxyl groups is 1. The van der Waals surface area contributed by atoms with E-state index in [2.05, 4.69) is 10.6 Å². The van der Waals surface area contributed by atoms with Gasteiger partial charge in [-0.25, -0.2) is 0 Å². The van der Waals surface area contributed by atoms with E-state index >= 15 is 0 Å². The highest BCUT2D eigenvalue weighted by atomic mass is 16.3. The minimum atomic E-state index is -0.0778. The van der Waals surface area contributed by atoms with E-state index < -0.39 is 0 Å². The summed E-state index contributed by atoms with van der Waals surface area (Å²) in [5, 5.41) is 14.3. The lowest BCUT2D eigenvalue weighted by Gasteiger charge is -2.20. The third-order valence-electron chi connectivity index (χ3n) is 2.66. The number of hydrogen-bond donors (Lipinski definition) is 5. The van der Waals surface area contributed by atoms with Gasteiger partial charge >= 0.3 is 0 Å². The highest BCUT2D eigenvalue weighted by Crippen LogP contribution is 1.95. The average Bonchev–Trinajstić information content (AvgIpc) is 2.45. The molecular weight excluding hydrogens is 262 g/mol. The molecule has 0 rings (SSSR count). The molecule has 0 saturated carbocycles. The van der Waals surface area contributed by atoms with Crippen molar-refractivity contribution in [2.45, 2.75) is 12.8 Å². The minimum absolute atomic E-state index is 0.00512. The first-order valence-corrected chi connectivity index (χ1v) is 6.90. The maximum absolute atomic E-state index is 11.4. The van der Waals surface area contributed by atoms with E-state index in [-0.39, 0.29) is 18.4 Å². The molecule has 0 unspecified atom stereocenters. The van der Waals surface area contributed by atoms with Gasteiger partial charge in [-0.3, -0.25) is 9.59 Å². The Balaban J connectivity index is 3.91. The second-order valence-corrected chi connectivity index (χ2v) is 4.34. The van der Waals surface area contributed by atoms with Gasteiger partial charge in [0.2, 0.25) is 11.8 Å². The molecule has 0 bridgehead atoms. The van der Waals surface area contributed by atoms with Gasteiger partial charge in [0.1, 0.15) is 0 Å². The summed E-state index contributed by atoms with van der Waals surface area (Å²) in [4.78, 5) is 24.8. The number of aliphatic hydroxyl groups excluding tert-OH is 1. The molecule has 2 amide bonds. The summed E-state index contributed by atoms with van der Waals surface area (Å²) >= 11 is 0. The van der Waals surface area contributed by atoms with Gasteiger partial charge in [-0.2, -0.15) is 0 Å². The first-order chi connectivity index (χ1) is 9.63. The monoisotopic (exact) mass is 289 g/mol. The first-order valence-electron chi connectivity index (χ1n) is 6.90. The van der Waals surface area contributed by atoms with Gasteiger partial charge in [-0.1, -0.05) is 0 Å². The van der Waals surface area contributed by atoms with Crippen LogP contribution < -0.4 is 22.1 Å². The summed E-state index contributed by atoms with van der Waals surface area (Å²) in [5.74, 6) is -0.156. The molecule has 7 N–H and O–H groups in total. The molecule has 0 radical (unpaired) electrons. The lowest BCUT2D eigenvalue weighted by molar-refractivity contribution is -0.121. The predicted octanol–water partition coefficient (Wildman–Crippen LogP) is -2.79. The van der Waals surface area contributed by atoms with E-state index in [1.54, 1.807) is 0 Å². The zero-order valence-electron chi connectivity index (χ0n) is 11.9. The average molecular weight is 289 g/mol. The fourth-order valence-corrected chi connectivity index (χ4v) is 1.60. The quantitative estimate of drug-likeness (QED) is 0.264. The van der Waals surface area contributed by atoms with Crippen molar-refractivity contribution in [1.82, 2.24) is 15.5 Å². The fourth-order valence-electron chi connectivity index (χ4n) is 1.60. The number of nitrogens with zero attached hydrogens (tertiary/aromatic N) is 1. The topological polar surface area (TPSA) is 134 Å². The summed E-state index contributed by atoms with van der Waals surface area (Å²) in [6.07, 6.45) is 0.648. The summed E-state index contributed by atoms with van der Waals surface area (Å²) in [7, 11) is 0. The van der Waals surface area contributed by atoms with Crippen LogP contribution in [0.2, 0.25) is 0 Å². The molecule has 0 spiro atoms. The Labute approximate surface area is 119 Å². The lowest BCUT2D eigenvalue weighted by Crippen LogP contribution is -2.37. The zero-order chi connectivity index (χ0) is 15.2. The van der Waals surface area contributed by atoms with Gasteiger partial charge in [-0.05, 0) is 0 Å². The Kier molecular flexibility index (Phi) is 12.0. The first kappa shape index (κ1) is 18.8. The van der Waals surface area contributed by atoms with Crippen LogP contribution in [0.15, 0.2) is 0 Å². The Morgan fingerprint density at radius 2 is 1.35 bits per heavy atom. The van der Waals surface area contributed by atoms with Crippen LogP contribution in [0.4, 0.5) is 0 Å². The molecule has 0 aliphatic carbocycles. The molecule has 0 atom stereocenters. The summed E-state index contributed by atoms with van der Waals surface area (Å²) < 4.78 is 0. The number of rotatable bonds is 12. The second-order valence-electron chi connectivity index (χ2n) is 4.34. The van der Waals surface area contributed by atoms with Crippen LogP contribution >= 0.6 is 0 Å². The summed E-state index contributed by atoms with van der Waals surface area (Å²) in [6.45, 7) is 3.17. The van der Waals surface area contributed by atoms with Crippen molar-refractivity contribution < 1.29 is 14.7 Å².